The zero-order chi connectivity index (χ0) is 24.2. The summed E-state index contributed by atoms with van der Waals surface area (Å²) in [5.41, 5.74) is 4.14. The molecule has 10 heteroatoms. The largest absolute Gasteiger partial charge is 0.497 e. The Hall–Kier alpha value is -4.31. The first-order valence-corrected chi connectivity index (χ1v) is 11.2. The Morgan fingerprint density at radius 1 is 1.06 bits per heavy atom. The summed E-state index contributed by atoms with van der Waals surface area (Å²) in [5, 5.41) is 6.25. The predicted molar refractivity (Wildman–Crippen MR) is 134 cm³/mol. The van der Waals surface area contributed by atoms with E-state index in [1.165, 1.54) is 6.33 Å². The van der Waals surface area contributed by atoms with E-state index in [1.807, 2.05) is 13.0 Å². The Morgan fingerprint density at radius 3 is 2.63 bits per heavy atom. The number of aryl methyl sites for hydroxylation is 1. The molecule has 178 valence electrons. The maximum Gasteiger partial charge on any atom is 0.255 e. The van der Waals surface area contributed by atoms with Crippen molar-refractivity contribution >= 4 is 40.1 Å². The van der Waals surface area contributed by atoms with Crippen LogP contribution in [0.25, 0.3) is 11.0 Å². The van der Waals surface area contributed by atoms with Crippen molar-refractivity contribution in [3.8, 4) is 5.75 Å². The van der Waals surface area contributed by atoms with Gasteiger partial charge >= 0.3 is 0 Å². The molecule has 2 aromatic heterocycles. The molecule has 0 atom stereocenters. The minimum Gasteiger partial charge on any atom is -0.497 e. The third-order valence-electron chi connectivity index (χ3n) is 5.76. The van der Waals surface area contributed by atoms with Gasteiger partial charge in [-0.25, -0.2) is 19.9 Å². The van der Waals surface area contributed by atoms with E-state index in [-0.39, 0.29) is 5.91 Å². The number of hydrogen-bond donors (Lipinski definition) is 2. The molecule has 0 saturated carbocycles. The van der Waals surface area contributed by atoms with Gasteiger partial charge in [0.1, 0.15) is 23.1 Å². The Kier molecular flexibility index (Phi) is 6.36. The average molecular weight is 472 g/mol. The van der Waals surface area contributed by atoms with Gasteiger partial charge in [0.2, 0.25) is 5.95 Å². The maximum absolute atomic E-state index is 12.9. The summed E-state index contributed by atoms with van der Waals surface area (Å²) in [6.45, 7) is 4.70. The Balaban J connectivity index is 1.40. The van der Waals surface area contributed by atoms with Crippen molar-refractivity contribution < 1.29 is 14.3 Å². The molecule has 1 aliphatic rings. The molecule has 1 fully saturated rings. The van der Waals surface area contributed by atoms with Crippen LogP contribution in [0.4, 0.5) is 23.1 Å². The Morgan fingerprint density at radius 2 is 1.86 bits per heavy atom. The number of ether oxygens (including phenoxy) is 2. The summed E-state index contributed by atoms with van der Waals surface area (Å²) >= 11 is 0. The van der Waals surface area contributed by atoms with E-state index in [1.54, 1.807) is 49.7 Å². The topological polar surface area (TPSA) is 114 Å². The lowest BCUT2D eigenvalue weighted by molar-refractivity contribution is 0.102. The number of anilines is 4. The summed E-state index contributed by atoms with van der Waals surface area (Å²) in [6, 6.07) is 12.7. The van der Waals surface area contributed by atoms with Crippen LogP contribution in [-0.4, -0.2) is 59.3 Å². The molecule has 0 bridgehead atoms. The number of carbonyl (C=O) groups is 1. The molecule has 2 N–H and O–H groups in total. The van der Waals surface area contributed by atoms with E-state index in [0.29, 0.717) is 47.3 Å². The zero-order valence-corrected chi connectivity index (χ0v) is 19.5. The highest BCUT2D eigenvalue weighted by Crippen LogP contribution is 2.26. The van der Waals surface area contributed by atoms with Gasteiger partial charge in [-0.2, -0.15) is 0 Å². The summed E-state index contributed by atoms with van der Waals surface area (Å²) in [4.78, 5) is 32.9. The van der Waals surface area contributed by atoms with Crippen molar-refractivity contribution in [3.63, 3.8) is 0 Å². The van der Waals surface area contributed by atoms with Crippen LogP contribution in [0, 0.1) is 6.92 Å². The van der Waals surface area contributed by atoms with Gasteiger partial charge in [0.05, 0.1) is 26.5 Å². The molecule has 4 aromatic rings. The molecule has 1 saturated heterocycles. The first-order valence-electron chi connectivity index (χ1n) is 11.2. The number of nitrogens with zero attached hydrogens (tertiary/aromatic N) is 5. The van der Waals surface area contributed by atoms with Crippen LogP contribution in [0.2, 0.25) is 0 Å². The predicted octanol–water partition coefficient (Wildman–Crippen LogP) is 3.57. The highest BCUT2D eigenvalue weighted by molar-refractivity contribution is 6.05. The average Bonchev–Trinajstić information content (AvgIpc) is 2.90. The normalized spacial score (nSPS) is 13.5. The van der Waals surface area contributed by atoms with Gasteiger partial charge in [-0.3, -0.25) is 4.79 Å². The van der Waals surface area contributed by atoms with Gasteiger partial charge in [0, 0.05) is 30.0 Å². The van der Waals surface area contributed by atoms with Crippen molar-refractivity contribution in [1.82, 2.24) is 19.9 Å². The minimum absolute atomic E-state index is 0.220. The lowest BCUT2D eigenvalue weighted by Gasteiger charge is -2.26. The highest BCUT2D eigenvalue weighted by Gasteiger charge is 2.17. The van der Waals surface area contributed by atoms with E-state index >= 15 is 0 Å². The monoisotopic (exact) mass is 471 g/mol. The van der Waals surface area contributed by atoms with Crippen molar-refractivity contribution in [3.05, 3.63) is 66.1 Å². The summed E-state index contributed by atoms with van der Waals surface area (Å²) in [5.74, 6) is 1.66. The number of fused-ring (bicyclic) bond motifs is 1. The molecular formula is C25H25N7O3. The smallest absolute Gasteiger partial charge is 0.255 e. The van der Waals surface area contributed by atoms with Crippen LogP contribution < -0.4 is 20.3 Å². The second-order valence-electron chi connectivity index (χ2n) is 8.06. The number of rotatable bonds is 6. The molecule has 1 aliphatic heterocycles. The number of carbonyl (C=O) groups excluding carboxylic acids is 1. The second-order valence-corrected chi connectivity index (χ2v) is 8.06. The minimum atomic E-state index is -0.220. The van der Waals surface area contributed by atoms with Crippen molar-refractivity contribution in [1.29, 1.82) is 0 Å². The standard InChI is InChI=1S/C25H25N7O3/c1-16-3-4-17(24(33)29-18-5-7-19(34-2)8-6-18)13-20(16)30-23-22-21(27-15-28-23)14-26-25(31-22)32-9-11-35-12-10-32/h3-8,13-15H,9-12H2,1-2H3,(H,29,33)(H,27,28,30). The fourth-order valence-electron chi connectivity index (χ4n) is 3.76. The molecule has 0 radical (unpaired) electrons. The van der Waals surface area contributed by atoms with Crippen LogP contribution in [0.5, 0.6) is 5.75 Å². The van der Waals surface area contributed by atoms with Gasteiger partial charge in [-0.1, -0.05) is 6.07 Å². The van der Waals surface area contributed by atoms with Gasteiger partial charge in [0.25, 0.3) is 5.91 Å². The summed E-state index contributed by atoms with van der Waals surface area (Å²) < 4.78 is 10.6. The molecule has 2 aromatic carbocycles. The lowest BCUT2D eigenvalue weighted by Crippen LogP contribution is -2.37. The third kappa shape index (κ3) is 4.97. The Labute approximate surface area is 202 Å². The molecule has 0 aliphatic carbocycles. The van der Waals surface area contributed by atoms with Crippen LogP contribution >= 0.6 is 0 Å². The fraction of sp³-hybridized carbons (Fsp3) is 0.240. The molecule has 1 amide bonds. The van der Waals surface area contributed by atoms with Crippen molar-refractivity contribution in [2.24, 2.45) is 0 Å². The van der Waals surface area contributed by atoms with Gasteiger partial charge in [-0.05, 0) is 48.9 Å². The van der Waals surface area contributed by atoms with Gasteiger partial charge < -0.3 is 25.0 Å². The lowest BCUT2D eigenvalue weighted by atomic mass is 10.1. The van der Waals surface area contributed by atoms with E-state index < -0.39 is 0 Å². The van der Waals surface area contributed by atoms with Crippen LogP contribution in [0.15, 0.2) is 55.0 Å². The highest BCUT2D eigenvalue weighted by atomic mass is 16.5. The van der Waals surface area contributed by atoms with Crippen molar-refractivity contribution in [2.45, 2.75) is 6.92 Å². The third-order valence-corrected chi connectivity index (χ3v) is 5.76. The number of nitrogens with one attached hydrogen (secondary N) is 2. The van der Waals surface area contributed by atoms with Crippen LogP contribution in [0.3, 0.4) is 0 Å². The van der Waals surface area contributed by atoms with E-state index in [9.17, 15) is 4.79 Å². The molecule has 3 heterocycles. The SMILES string of the molecule is COc1ccc(NC(=O)c2ccc(C)c(Nc3ncnc4cnc(N5CCOCC5)nc34)c2)cc1. The van der Waals surface area contributed by atoms with E-state index in [4.69, 9.17) is 14.5 Å². The molecule has 0 unspecified atom stereocenters. The number of morpholine rings is 1. The number of hydrogen-bond acceptors (Lipinski definition) is 9. The molecule has 5 rings (SSSR count). The van der Waals surface area contributed by atoms with Crippen LogP contribution in [-0.2, 0) is 4.74 Å². The molecule has 0 spiro atoms. The van der Waals surface area contributed by atoms with Crippen LogP contribution in [0.1, 0.15) is 15.9 Å². The fourth-order valence-corrected chi connectivity index (χ4v) is 3.76. The van der Waals surface area contributed by atoms with E-state index in [0.717, 1.165) is 30.1 Å². The van der Waals surface area contributed by atoms with E-state index in [2.05, 4.69) is 30.5 Å². The second kappa shape index (κ2) is 9.90. The number of benzene rings is 2. The van der Waals surface area contributed by atoms with Crippen molar-refractivity contribution in [2.75, 3.05) is 48.9 Å². The molecule has 35 heavy (non-hydrogen) atoms. The summed E-state index contributed by atoms with van der Waals surface area (Å²) in [6.07, 6.45) is 3.17. The van der Waals surface area contributed by atoms with Gasteiger partial charge in [0.15, 0.2) is 5.82 Å². The first kappa shape index (κ1) is 22.5. The zero-order valence-electron chi connectivity index (χ0n) is 19.5. The number of methoxy groups -OCH3 is 1. The summed E-state index contributed by atoms with van der Waals surface area (Å²) in [7, 11) is 1.60. The number of amides is 1. The number of aromatic nitrogens is 4. The molecular weight excluding hydrogens is 446 g/mol. The first-order chi connectivity index (χ1) is 17.1. The maximum atomic E-state index is 12.9. The molecule has 10 nitrogen and oxygen atoms in total. The van der Waals surface area contributed by atoms with Gasteiger partial charge in [-0.15, -0.1) is 0 Å². The quantitative estimate of drug-likeness (QED) is 0.435. The Bertz CT molecular complexity index is 1360.